The molecular weight excluding hydrogens is 302 g/mol. The first-order valence-electron chi connectivity index (χ1n) is 6.16. The van der Waals surface area contributed by atoms with Crippen molar-refractivity contribution in [2.75, 3.05) is 13.1 Å². The van der Waals surface area contributed by atoms with Crippen LogP contribution in [0, 0.1) is 5.41 Å². The lowest BCUT2D eigenvalue weighted by molar-refractivity contribution is 0.0697. The monoisotopic (exact) mass is 317 g/mol. The van der Waals surface area contributed by atoms with Crippen molar-refractivity contribution in [3.8, 4) is 0 Å². The molecule has 0 spiro atoms. The highest BCUT2D eigenvalue weighted by atomic mass is 35.5. The molecule has 0 aromatic heterocycles. The van der Waals surface area contributed by atoms with Gasteiger partial charge in [-0.25, -0.2) is 13.2 Å². The van der Waals surface area contributed by atoms with Crippen LogP contribution < -0.4 is 0 Å². The van der Waals surface area contributed by atoms with Crippen LogP contribution in [0.15, 0.2) is 23.1 Å². The molecule has 0 atom stereocenters. The molecule has 0 saturated carbocycles. The van der Waals surface area contributed by atoms with E-state index in [0.29, 0.717) is 13.1 Å². The van der Waals surface area contributed by atoms with Gasteiger partial charge in [0.05, 0.1) is 15.5 Å². The lowest BCUT2D eigenvalue weighted by Crippen LogP contribution is -2.30. The number of hydrogen-bond acceptors (Lipinski definition) is 3. The fraction of sp³-hybridized carbons (Fsp3) is 0.462. The van der Waals surface area contributed by atoms with Gasteiger partial charge in [-0.15, -0.1) is 0 Å². The lowest BCUT2D eigenvalue weighted by atomic mass is 9.93. The molecule has 20 heavy (non-hydrogen) atoms. The largest absolute Gasteiger partial charge is 0.478 e. The van der Waals surface area contributed by atoms with Gasteiger partial charge in [-0.1, -0.05) is 25.4 Å². The third-order valence-electron chi connectivity index (χ3n) is 3.45. The molecular formula is C13H16ClNO4S. The number of hydrogen-bond donors (Lipinski definition) is 1. The highest BCUT2D eigenvalue weighted by Crippen LogP contribution is 2.33. The number of benzene rings is 1. The van der Waals surface area contributed by atoms with E-state index >= 15 is 0 Å². The van der Waals surface area contributed by atoms with Crippen molar-refractivity contribution in [3.05, 3.63) is 28.8 Å². The third kappa shape index (κ3) is 2.82. The van der Waals surface area contributed by atoms with E-state index in [1.165, 1.54) is 22.5 Å². The molecule has 0 aliphatic carbocycles. The van der Waals surface area contributed by atoms with Crippen LogP contribution in [0.1, 0.15) is 30.6 Å². The van der Waals surface area contributed by atoms with E-state index in [1.807, 2.05) is 13.8 Å². The van der Waals surface area contributed by atoms with Gasteiger partial charge in [-0.2, -0.15) is 4.31 Å². The molecule has 0 radical (unpaired) electrons. The summed E-state index contributed by atoms with van der Waals surface area (Å²) in [4.78, 5) is 10.9. The summed E-state index contributed by atoms with van der Waals surface area (Å²) in [7, 11) is -3.62. The summed E-state index contributed by atoms with van der Waals surface area (Å²) in [5.74, 6) is -1.18. The molecule has 0 amide bonds. The first-order valence-corrected chi connectivity index (χ1v) is 7.98. The Balaban J connectivity index is 2.36. The van der Waals surface area contributed by atoms with Crippen molar-refractivity contribution in [2.24, 2.45) is 5.41 Å². The number of carboxylic acids is 1. The van der Waals surface area contributed by atoms with Crippen LogP contribution in [0.5, 0.6) is 0 Å². The Morgan fingerprint density at radius 1 is 1.40 bits per heavy atom. The summed E-state index contributed by atoms with van der Waals surface area (Å²) in [6.07, 6.45) is 0.799. The van der Waals surface area contributed by atoms with Crippen molar-refractivity contribution in [1.29, 1.82) is 0 Å². The first kappa shape index (κ1) is 15.3. The van der Waals surface area contributed by atoms with Crippen LogP contribution in [0.25, 0.3) is 0 Å². The maximum atomic E-state index is 12.5. The quantitative estimate of drug-likeness (QED) is 0.929. The fourth-order valence-electron chi connectivity index (χ4n) is 2.25. The van der Waals surface area contributed by atoms with Crippen LogP contribution in [0.2, 0.25) is 5.02 Å². The van der Waals surface area contributed by atoms with E-state index in [2.05, 4.69) is 0 Å². The molecule has 1 aliphatic heterocycles. The number of nitrogens with zero attached hydrogens (tertiary/aromatic N) is 1. The predicted molar refractivity (Wildman–Crippen MR) is 75.6 cm³/mol. The predicted octanol–water partition coefficient (Wildman–Crippen LogP) is 2.46. The number of halogens is 1. The van der Waals surface area contributed by atoms with E-state index in [9.17, 15) is 13.2 Å². The van der Waals surface area contributed by atoms with E-state index in [4.69, 9.17) is 16.7 Å². The summed E-state index contributed by atoms with van der Waals surface area (Å²) in [5, 5.41) is 8.82. The van der Waals surface area contributed by atoms with Gasteiger partial charge in [0.2, 0.25) is 10.0 Å². The average molecular weight is 318 g/mol. The normalized spacial score (nSPS) is 19.1. The molecule has 110 valence electrons. The Kier molecular flexibility index (Phi) is 3.83. The SMILES string of the molecule is CC1(C)CCN(S(=O)(=O)c2ccc(C(=O)O)c(Cl)c2)C1. The topological polar surface area (TPSA) is 74.7 Å². The molecule has 1 aliphatic rings. The van der Waals surface area contributed by atoms with Gasteiger partial charge in [0.25, 0.3) is 0 Å². The molecule has 1 fully saturated rings. The zero-order chi connectivity index (χ0) is 15.1. The molecule has 1 aromatic rings. The van der Waals surface area contributed by atoms with Crippen LogP contribution in [-0.2, 0) is 10.0 Å². The minimum absolute atomic E-state index is 0.0326. The van der Waals surface area contributed by atoms with E-state index < -0.39 is 16.0 Å². The smallest absolute Gasteiger partial charge is 0.337 e. The highest BCUT2D eigenvalue weighted by molar-refractivity contribution is 7.89. The maximum absolute atomic E-state index is 12.5. The number of carbonyl (C=O) groups is 1. The van der Waals surface area contributed by atoms with Gasteiger partial charge in [0.1, 0.15) is 0 Å². The summed E-state index contributed by atoms with van der Waals surface area (Å²) in [6.45, 7) is 4.95. The standard InChI is InChI=1S/C13H16ClNO4S/c1-13(2)5-6-15(8-13)20(18,19)9-3-4-10(12(16)17)11(14)7-9/h3-4,7H,5-6,8H2,1-2H3,(H,16,17). The lowest BCUT2D eigenvalue weighted by Gasteiger charge is -2.20. The Labute approximate surface area is 123 Å². The first-order chi connectivity index (χ1) is 9.13. The zero-order valence-electron chi connectivity index (χ0n) is 11.3. The highest BCUT2D eigenvalue weighted by Gasteiger charge is 2.37. The van der Waals surface area contributed by atoms with Crippen LogP contribution in [0.4, 0.5) is 0 Å². The Bertz CT molecular complexity index is 654. The van der Waals surface area contributed by atoms with Crippen molar-refractivity contribution in [1.82, 2.24) is 4.31 Å². The van der Waals surface area contributed by atoms with Crippen LogP contribution in [-0.4, -0.2) is 36.9 Å². The minimum atomic E-state index is -3.62. The Morgan fingerprint density at radius 3 is 2.50 bits per heavy atom. The summed E-state index contributed by atoms with van der Waals surface area (Å²) in [6, 6.07) is 3.71. The summed E-state index contributed by atoms with van der Waals surface area (Å²) in [5.41, 5.74) is -0.148. The van der Waals surface area contributed by atoms with E-state index in [0.717, 1.165) is 6.42 Å². The average Bonchev–Trinajstić information content (AvgIpc) is 2.69. The second-order valence-electron chi connectivity index (χ2n) is 5.70. The molecule has 1 aromatic carbocycles. The van der Waals surface area contributed by atoms with Gasteiger partial charge >= 0.3 is 5.97 Å². The van der Waals surface area contributed by atoms with Gasteiger partial charge in [0.15, 0.2) is 0 Å². The van der Waals surface area contributed by atoms with Crippen molar-refractivity contribution < 1.29 is 18.3 Å². The summed E-state index contributed by atoms with van der Waals surface area (Å²) < 4.78 is 26.4. The van der Waals surface area contributed by atoms with E-state index in [1.54, 1.807) is 0 Å². The molecule has 2 rings (SSSR count). The number of aromatic carboxylic acids is 1. The molecule has 1 N–H and O–H groups in total. The zero-order valence-corrected chi connectivity index (χ0v) is 12.8. The Morgan fingerprint density at radius 2 is 2.05 bits per heavy atom. The molecule has 0 bridgehead atoms. The van der Waals surface area contributed by atoms with Gasteiger partial charge in [0, 0.05) is 13.1 Å². The molecule has 1 heterocycles. The molecule has 7 heteroatoms. The summed E-state index contributed by atoms with van der Waals surface area (Å²) >= 11 is 5.83. The van der Waals surface area contributed by atoms with E-state index in [-0.39, 0.29) is 20.9 Å². The number of rotatable bonds is 3. The van der Waals surface area contributed by atoms with Gasteiger partial charge in [-0.05, 0) is 30.0 Å². The van der Waals surface area contributed by atoms with Gasteiger partial charge < -0.3 is 5.11 Å². The van der Waals surface area contributed by atoms with Crippen molar-refractivity contribution in [2.45, 2.75) is 25.2 Å². The molecule has 1 saturated heterocycles. The van der Waals surface area contributed by atoms with Gasteiger partial charge in [-0.3, -0.25) is 0 Å². The maximum Gasteiger partial charge on any atom is 0.337 e. The second-order valence-corrected chi connectivity index (χ2v) is 8.04. The molecule has 0 unspecified atom stereocenters. The number of sulfonamides is 1. The fourth-order valence-corrected chi connectivity index (χ4v) is 4.23. The van der Waals surface area contributed by atoms with Crippen molar-refractivity contribution in [3.63, 3.8) is 0 Å². The number of carboxylic acid groups (broad SMARTS) is 1. The van der Waals surface area contributed by atoms with Crippen LogP contribution >= 0.6 is 11.6 Å². The third-order valence-corrected chi connectivity index (χ3v) is 5.60. The van der Waals surface area contributed by atoms with Crippen molar-refractivity contribution >= 4 is 27.6 Å². The minimum Gasteiger partial charge on any atom is -0.478 e. The second kappa shape index (κ2) is 5.02. The van der Waals surface area contributed by atoms with Crippen LogP contribution in [0.3, 0.4) is 0 Å². The Hall–Kier alpha value is -1.11. The molecule has 5 nitrogen and oxygen atoms in total.